The number of aliphatic hydroxyl groups is 2. The van der Waals surface area contributed by atoms with Gasteiger partial charge in [-0.2, -0.15) is 0 Å². The second-order valence-corrected chi connectivity index (χ2v) is 17.5. The van der Waals surface area contributed by atoms with E-state index in [0.717, 1.165) is 74.5 Å². The summed E-state index contributed by atoms with van der Waals surface area (Å²) < 4.78 is 32.2. The number of likely N-dealkylation sites (N-methyl/N-ethyl adjacent to an activating group) is 1. The first-order chi connectivity index (χ1) is 29.8. The van der Waals surface area contributed by atoms with Crippen molar-refractivity contribution in [2.45, 2.75) is 127 Å². The molecule has 7 rings (SSSR count). The largest absolute Gasteiger partial charge is 0.496 e. The Hall–Kier alpha value is -4.23. The predicted octanol–water partition coefficient (Wildman–Crippen LogP) is 8.89. The first kappa shape index (κ1) is 44.8. The number of unbranched alkanes of at least 4 members (excludes halogenated alkanes) is 2. The van der Waals surface area contributed by atoms with Gasteiger partial charge in [0, 0.05) is 51.0 Å². The fraction of sp³-hybridized carbons (Fsp3) is 0.612. The number of carbonyl (C=O) groups excluding carboxylic acids is 2. The van der Waals surface area contributed by atoms with Gasteiger partial charge in [-0.05, 0) is 105 Å². The minimum Gasteiger partial charge on any atom is -0.496 e. The average molecular weight is 843 g/mol. The summed E-state index contributed by atoms with van der Waals surface area (Å²) in [5, 5.41) is 24.8. The summed E-state index contributed by atoms with van der Waals surface area (Å²) in [4.78, 5) is 34.5. The number of ether oxygens (including phenoxy) is 5. The summed E-state index contributed by atoms with van der Waals surface area (Å²) in [7, 11) is 3.41. The molecule has 2 N–H and O–H groups in total. The third-order valence-electron chi connectivity index (χ3n) is 13.7. The van der Waals surface area contributed by atoms with Gasteiger partial charge >= 0.3 is 0 Å². The molecule has 5 aliphatic rings. The molecule has 332 valence electrons. The molecule has 12 nitrogen and oxygen atoms in total. The van der Waals surface area contributed by atoms with E-state index in [1.807, 2.05) is 30.1 Å². The highest BCUT2D eigenvalue weighted by Crippen LogP contribution is 2.62. The van der Waals surface area contributed by atoms with E-state index < -0.39 is 24.0 Å². The summed E-state index contributed by atoms with van der Waals surface area (Å²) in [6, 6.07) is 10.4. The highest BCUT2D eigenvalue weighted by atomic mass is 16.8. The molecule has 2 saturated carbocycles. The number of rotatable bonds is 21. The lowest BCUT2D eigenvalue weighted by atomic mass is 9.55. The Morgan fingerprint density at radius 2 is 1.74 bits per heavy atom. The van der Waals surface area contributed by atoms with E-state index in [9.17, 15) is 19.8 Å². The zero-order chi connectivity index (χ0) is 42.8. The standard InChI is InChI=1S/C49H66N2O10/c1-4-26-58-49-44(51(2)45(55)23-18-33-13-5-6-14-33)31-41(50-61-46-17-9-12-27-57-46)39-29-34(15-7-10-24-52)38(16-8-11-25-53)47(48(39)49)40-30-37(20-22-43(40)60-49)59-36-19-21-42(56-3)35(28-36)32-54/h4,19-22,28-30,32-34,38,44,46-48,52-53H,1,5-18,23-27,31H2,2-3H3/t34-,38+,44-,46?,47+,48+,49+/m0/s1. The number of oxime groups is 1. The minimum absolute atomic E-state index is 0.0443. The van der Waals surface area contributed by atoms with Crippen molar-refractivity contribution in [3.63, 3.8) is 0 Å². The second kappa shape index (κ2) is 21.2. The van der Waals surface area contributed by atoms with E-state index in [4.69, 9.17) is 33.7 Å². The smallest absolute Gasteiger partial charge is 0.239 e. The third kappa shape index (κ3) is 10.0. The molecular formula is C49H66N2O10. The minimum atomic E-state index is -1.32. The number of methoxy groups -OCH3 is 1. The molecule has 0 bridgehead atoms. The Balaban J connectivity index is 1.38. The number of hydrogen-bond acceptors (Lipinski definition) is 11. The van der Waals surface area contributed by atoms with Crippen LogP contribution in [-0.2, 0) is 19.1 Å². The van der Waals surface area contributed by atoms with E-state index in [1.54, 1.807) is 24.3 Å². The van der Waals surface area contributed by atoms with Gasteiger partial charge in [-0.25, -0.2) is 0 Å². The number of fused-ring (bicyclic) bond motifs is 2. The molecule has 2 aromatic carbocycles. The molecule has 7 atom stereocenters. The van der Waals surface area contributed by atoms with Gasteiger partial charge in [-0.1, -0.05) is 55.8 Å². The molecule has 3 fully saturated rings. The van der Waals surface area contributed by atoms with Crippen LogP contribution in [0.1, 0.15) is 125 Å². The van der Waals surface area contributed by atoms with E-state index in [0.29, 0.717) is 66.8 Å². The van der Waals surface area contributed by atoms with Gasteiger partial charge in [0.2, 0.25) is 18.0 Å². The van der Waals surface area contributed by atoms with E-state index in [1.165, 1.54) is 32.8 Å². The highest BCUT2D eigenvalue weighted by Gasteiger charge is 2.65. The fourth-order valence-corrected chi connectivity index (χ4v) is 10.7. The number of aliphatic hydroxyl groups excluding tert-OH is 2. The number of benzene rings is 2. The number of nitrogens with zero attached hydrogens (tertiary/aromatic N) is 2. The van der Waals surface area contributed by atoms with Crippen molar-refractivity contribution >= 4 is 17.9 Å². The SMILES string of the molecule is C=CCO[C@@]12Oc3ccc(Oc4ccc(OC)c(C=O)c4)cc3[C@H]3[C@H](CCCCO)[C@@H](CCCCO)C=C(C(=NOC4CCCCO4)C[C@@H]1N(C)C(=O)CCC1CCCC1)[C@H]32. The van der Waals surface area contributed by atoms with Gasteiger partial charge in [0.05, 0.1) is 37.5 Å². The van der Waals surface area contributed by atoms with Crippen LogP contribution in [0.2, 0.25) is 0 Å². The maximum atomic E-state index is 14.4. The Morgan fingerprint density at radius 1 is 0.984 bits per heavy atom. The van der Waals surface area contributed by atoms with E-state index in [-0.39, 0.29) is 43.5 Å². The van der Waals surface area contributed by atoms with Crippen molar-refractivity contribution in [1.82, 2.24) is 4.90 Å². The van der Waals surface area contributed by atoms with Crippen LogP contribution in [-0.4, -0.2) is 91.7 Å². The van der Waals surface area contributed by atoms with Crippen molar-refractivity contribution in [2.75, 3.05) is 40.6 Å². The quantitative estimate of drug-likeness (QED) is 0.0541. The zero-order valence-electron chi connectivity index (χ0n) is 36.1. The predicted molar refractivity (Wildman–Crippen MR) is 232 cm³/mol. The summed E-state index contributed by atoms with van der Waals surface area (Å²) in [6.07, 6.45) is 18.2. The van der Waals surface area contributed by atoms with Gasteiger partial charge in [0.1, 0.15) is 29.0 Å². The molecule has 1 unspecified atom stereocenters. The van der Waals surface area contributed by atoms with Crippen LogP contribution in [0.3, 0.4) is 0 Å². The van der Waals surface area contributed by atoms with Crippen molar-refractivity contribution in [3.05, 3.63) is 71.8 Å². The van der Waals surface area contributed by atoms with Gasteiger partial charge in [0.15, 0.2) is 6.29 Å². The number of aldehydes is 1. The number of allylic oxidation sites excluding steroid dienone is 1. The number of hydrogen-bond donors (Lipinski definition) is 2. The van der Waals surface area contributed by atoms with E-state index in [2.05, 4.69) is 12.7 Å². The monoisotopic (exact) mass is 842 g/mol. The molecule has 1 amide bonds. The van der Waals surface area contributed by atoms with Gasteiger partial charge < -0.3 is 43.6 Å². The molecule has 0 aromatic heterocycles. The Kier molecular flexibility index (Phi) is 15.6. The maximum Gasteiger partial charge on any atom is 0.239 e. The number of carbonyl (C=O) groups is 2. The van der Waals surface area contributed by atoms with Crippen molar-refractivity contribution < 1.29 is 48.3 Å². The molecule has 2 aliphatic heterocycles. The summed E-state index contributed by atoms with van der Waals surface area (Å²) >= 11 is 0. The van der Waals surface area contributed by atoms with Crippen LogP contribution in [0.4, 0.5) is 0 Å². The molecule has 1 saturated heterocycles. The van der Waals surface area contributed by atoms with Gasteiger partial charge in [0.25, 0.3) is 0 Å². The average Bonchev–Trinajstić information content (AvgIpc) is 3.82. The summed E-state index contributed by atoms with van der Waals surface area (Å²) in [5.74, 6) is 0.983. The first-order valence-electron chi connectivity index (χ1n) is 22.8. The second-order valence-electron chi connectivity index (χ2n) is 17.5. The molecule has 12 heteroatoms. The van der Waals surface area contributed by atoms with Gasteiger partial charge in [-0.3, -0.25) is 9.59 Å². The van der Waals surface area contributed by atoms with Crippen molar-refractivity contribution in [3.8, 4) is 23.0 Å². The van der Waals surface area contributed by atoms with Crippen LogP contribution in [0.25, 0.3) is 0 Å². The summed E-state index contributed by atoms with van der Waals surface area (Å²) in [6.45, 7) is 5.06. The lowest BCUT2D eigenvalue weighted by Crippen LogP contribution is -2.69. The summed E-state index contributed by atoms with van der Waals surface area (Å²) in [5.41, 5.74) is 3.05. The lowest BCUT2D eigenvalue weighted by molar-refractivity contribution is -0.256. The molecule has 2 aromatic rings. The lowest BCUT2D eigenvalue weighted by Gasteiger charge is -2.59. The number of amides is 1. The van der Waals surface area contributed by atoms with E-state index >= 15 is 0 Å². The van der Waals surface area contributed by atoms with Crippen molar-refractivity contribution in [1.29, 1.82) is 0 Å². The Morgan fingerprint density at radius 3 is 2.46 bits per heavy atom. The maximum absolute atomic E-state index is 14.4. The molecule has 61 heavy (non-hydrogen) atoms. The van der Waals surface area contributed by atoms with Crippen LogP contribution >= 0.6 is 0 Å². The van der Waals surface area contributed by atoms with Crippen LogP contribution < -0.4 is 14.2 Å². The molecule has 0 radical (unpaired) electrons. The van der Waals surface area contributed by atoms with Crippen LogP contribution in [0.5, 0.6) is 23.0 Å². The molecular weight excluding hydrogens is 777 g/mol. The van der Waals surface area contributed by atoms with Crippen LogP contribution in [0.15, 0.2) is 65.9 Å². The fourth-order valence-electron chi connectivity index (χ4n) is 10.7. The topological polar surface area (TPSA) is 146 Å². The Labute approximate surface area is 361 Å². The molecule has 2 heterocycles. The normalized spacial score (nSPS) is 27.6. The first-order valence-corrected chi connectivity index (χ1v) is 22.8. The van der Waals surface area contributed by atoms with Gasteiger partial charge in [-0.15, -0.1) is 6.58 Å². The zero-order valence-corrected chi connectivity index (χ0v) is 36.1. The molecule has 3 aliphatic carbocycles. The van der Waals surface area contributed by atoms with Crippen LogP contribution in [0, 0.1) is 23.7 Å². The van der Waals surface area contributed by atoms with Crippen molar-refractivity contribution in [2.24, 2.45) is 28.8 Å². The Bertz CT molecular complexity index is 1870. The highest BCUT2D eigenvalue weighted by molar-refractivity contribution is 6.03. The molecule has 0 spiro atoms. The third-order valence-corrected chi connectivity index (χ3v) is 13.7.